The van der Waals surface area contributed by atoms with E-state index < -0.39 is 17.6 Å². The maximum absolute atomic E-state index is 13.0. The summed E-state index contributed by atoms with van der Waals surface area (Å²) in [6.45, 7) is 9.66. The molecule has 3 atom stereocenters. The number of benzene rings is 1. The Bertz CT molecular complexity index is 901. The molecular formula is C31H53N3O6. The molecule has 0 aliphatic heterocycles. The minimum atomic E-state index is -0.905. The van der Waals surface area contributed by atoms with Gasteiger partial charge in [-0.25, -0.2) is 0 Å². The van der Waals surface area contributed by atoms with E-state index in [-0.39, 0.29) is 42.2 Å². The summed E-state index contributed by atoms with van der Waals surface area (Å²) < 4.78 is 10.9. The summed E-state index contributed by atoms with van der Waals surface area (Å²) in [5.41, 5.74) is 6.27. The number of aliphatic hydroxyl groups is 2. The Balaban J connectivity index is 1.85. The van der Waals surface area contributed by atoms with Gasteiger partial charge in [0.2, 0.25) is 5.91 Å². The third-order valence-electron chi connectivity index (χ3n) is 8.44. The van der Waals surface area contributed by atoms with E-state index in [0.717, 1.165) is 38.5 Å². The Hall–Kier alpha value is -2.20. The topological polar surface area (TPSA) is 143 Å². The van der Waals surface area contributed by atoms with E-state index >= 15 is 0 Å². The maximum Gasteiger partial charge on any atom is 0.255 e. The number of carbonyl (C=O) groups is 2. The number of rotatable bonds is 17. The van der Waals surface area contributed by atoms with Crippen molar-refractivity contribution < 1.29 is 29.3 Å². The van der Waals surface area contributed by atoms with E-state index in [4.69, 9.17) is 15.2 Å². The average Bonchev–Trinajstić information content (AvgIpc) is 2.93. The Labute approximate surface area is 240 Å². The van der Waals surface area contributed by atoms with Crippen molar-refractivity contribution in [1.29, 1.82) is 0 Å². The van der Waals surface area contributed by atoms with E-state index in [9.17, 15) is 19.8 Å². The number of unbranched alkanes of at least 4 members (excludes halogenated alkanes) is 1. The van der Waals surface area contributed by atoms with Crippen LogP contribution in [0.3, 0.4) is 0 Å². The molecule has 0 saturated heterocycles. The molecule has 2 amide bonds. The molecule has 2 rings (SSSR count). The molecular weight excluding hydrogens is 510 g/mol. The van der Waals surface area contributed by atoms with Crippen LogP contribution >= 0.6 is 0 Å². The van der Waals surface area contributed by atoms with Gasteiger partial charge in [-0.15, -0.1) is 0 Å². The fraction of sp³-hybridized carbons (Fsp3) is 0.742. The van der Waals surface area contributed by atoms with Gasteiger partial charge in [0.15, 0.2) is 0 Å². The summed E-state index contributed by atoms with van der Waals surface area (Å²) in [5, 5.41) is 26.5. The van der Waals surface area contributed by atoms with Crippen LogP contribution in [0.15, 0.2) is 24.3 Å². The van der Waals surface area contributed by atoms with Gasteiger partial charge in [0.1, 0.15) is 5.75 Å². The minimum absolute atomic E-state index is 0.0385. The number of nitrogens with two attached hydrogens (primary N) is 1. The Morgan fingerprint density at radius 2 is 1.70 bits per heavy atom. The van der Waals surface area contributed by atoms with Gasteiger partial charge in [-0.05, 0) is 74.8 Å². The molecule has 0 bridgehead atoms. The van der Waals surface area contributed by atoms with E-state index in [1.807, 2.05) is 26.0 Å². The highest BCUT2D eigenvalue weighted by molar-refractivity contribution is 5.96. The number of hydrogen-bond donors (Lipinski definition) is 5. The summed E-state index contributed by atoms with van der Waals surface area (Å²) in [4.78, 5) is 26.0. The largest absolute Gasteiger partial charge is 0.493 e. The van der Waals surface area contributed by atoms with Crippen LogP contribution in [-0.2, 0) is 9.53 Å². The second-order valence-electron chi connectivity index (χ2n) is 12.2. The first-order valence-electron chi connectivity index (χ1n) is 14.9. The summed E-state index contributed by atoms with van der Waals surface area (Å²) >= 11 is 0. The van der Waals surface area contributed by atoms with Crippen molar-refractivity contribution in [3.05, 3.63) is 29.8 Å². The fourth-order valence-electron chi connectivity index (χ4n) is 5.29. The van der Waals surface area contributed by atoms with E-state index in [0.29, 0.717) is 37.5 Å². The van der Waals surface area contributed by atoms with Gasteiger partial charge in [0.25, 0.3) is 5.91 Å². The molecule has 1 fully saturated rings. The standard InChI is InChI=1S/C31H53N3O6/c1-21(2)22(19-33-29(37)25-10-6-7-11-28(25)40-17-9-8-16-39-5)18-26(32)27(36)20-34-30(38)31(3,4)23-12-14-24(35)15-13-23/h6-7,10-11,21-24,26-27,35-36H,8-9,12-20,32H2,1-5H3,(H,33,37)(H,34,38)/t22?,23-,24+,26?,27?. The van der Waals surface area contributed by atoms with Crippen LogP contribution < -0.4 is 21.1 Å². The zero-order valence-electron chi connectivity index (χ0n) is 25.2. The van der Waals surface area contributed by atoms with Crippen molar-refractivity contribution in [3.8, 4) is 5.75 Å². The number of carbonyl (C=O) groups excluding carboxylic acids is 2. The van der Waals surface area contributed by atoms with Gasteiger partial charge in [0, 0.05) is 38.3 Å². The SMILES string of the molecule is COCCCCOc1ccccc1C(=O)NCC(CC(N)C(O)CNC(=O)C(C)(C)[C@H]1CC[C@@H](O)CC1)C(C)C. The molecule has 1 aliphatic carbocycles. The number of nitrogens with one attached hydrogen (secondary N) is 2. The molecule has 1 aromatic carbocycles. The summed E-state index contributed by atoms with van der Waals surface area (Å²) in [5.74, 6) is 0.692. The van der Waals surface area contributed by atoms with Gasteiger partial charge in [-0.3, -0.25) is 9.59 Å². The normalized spacial score (nSPS) is 20.0. The third-order valence-corrected chi connectivity index (χ3v) is 8.44. The lowest BCUT2D eigenvalue weighted by molar-refractivity contribution is -0.134. The highest BCUT2D eigenvalue weighted by Gasteiger charge is 2.38. The van der Waals surface area contributed by atoms with Crippen molar-refractivity contribution in [2.24, 2.45) is 28.9 Å². The molecule has 6 N–H and O–H groups in total. The predicted molar refractivity (Wildman–Crippen MR) is 157 cm³/mol. The van der Waals surface area contributed by atoms with Gasteiger partial charge < -0.3 is 36.1 Å². The maximum atomic E-state index is 13.0. The zero-order chi connectivity index (χ0) is 29.7. The number of para-hydroxylation sites is 1. The van der Waals surface area contributed by atoms with Crippen molar-refractivity contribution in [1.82, 2.24) is 10.6 Å². The number of amides is 2. The van der Waals surface area contributed by atoms with Crippen molar-refractivity contribution in [2.45, 2.75) is 90.9 Å². The summed E-state index contributed by atoms with van der Waals surface area (Å²) in [6, 6.07) is 6.65. The number of aliphatic hydroxyl groups excluding tert-OH is 2. The van der Waals surface area contributed by atoms with Gasteiger partial charge in [-0.1, -0.05) is 39.8 Å². The fourth-order valence-corrected chi connectivity index (χ4v) is 5.29. The van der Waals surface area contributed by atoms with Crippen LogP contribution in [0.25, 0.3) is 0 Å². The van der Waals surface area contributed by atoms with Crippen LogP contribution in [0.1, 0.15) is 83.0 Å². The van der Waals surface area contributed by atoms with Crippen LogP contribution in [0, 0.1) is 23.2 Å². The third kappa shape index (κ3) is 10.7. The predicted octanol–water partition coefficient (Wildman–Crippen LogP) is 3.27. The van der Waals surface area contributed by atoms with Gasteiger partial charge in [-0.2, -0.15) is 0 Å². The summed E-state index contributed by atoms with van der Waals surface area (Å²) in [7, 11) is 1.67. The van der Waals surface area contributed by atoms with Crippen LogP contribution in [0.2, 0.25) is 0 Å². The molecule has 9 heteroatoms. The zero-order valence-corrected chi connectivity index (χ0v) is 25.2. The molecule has 228 valence electrons. The monoisotopic (exact) mass is 563 g/mol. The Morgan fingerprint density at radius 3 is 2.35 bits per heavy atom. The molecule has 1 saturated carbocycles. The van der Waals surface area contributed by atoms with Crippen molar-refractivity contribution >= 4 is 11.8 Å². The first-order chi connectivity index (χ1) is 19.0. The van der Waals surface area contributed by atoms with Crippen LogP contribution in [-0.4, -0.2) is 73.7 Å². The molecule has 3 unspecified atom stereocenters. The lowest BCUT2D eigenvalue weighted by Crippen LogP contribution is -2.49. The molecule has 40 heavy (non-hydrogen) atoms. The van der Waals surface area contributed by atoms with Crippen LogP contribution in [0.4, 0.5) is 0 Å². The molecule has 0 heterocycles. The van der Waals surface area contributed by atoms with Crippen molar-refractivity contribution in [2.75, 3.05) is 33.4 Å². The Morgan fingerprint density at radius 1 is 1.05 bits per heavy atom. The summed E-state index contributed by atoms with van der Waals surface area (Å²) in [6.07, 6.45) is 4.11. The molecule has 0 radical (unpaired) electrons. The van der Waals surface area contributed by atoms with Crippen molar-refractivity contribution in [3.63, 3.8) is 0 Å². The lowest BCUT2D eigenvalue weighted by Gasteiger charge is -2.37. The number of methoxy groups -OCH3 is 1. The van der Waals surface area contributed by atoms with Gasteiger partial charge in [0.05, 0.1) is 24.4 Å². The smallest absolute Gasteiger partial charge is 0.255 e. The molecule has 9 nitrogen and oxygen atoms in total. The molecule has 0 spiro atoms. The van der Waals surface area contributed by atoms with E-state index in [1.165, 1.54) is 0 Å². The highest BCUT2D eigenvalue weighted by Crippen LogP contribution is 2.38. The van der Waals surface area contributed by atoms with E-state index in [1.54, 1.807) is 19.2 Å². The molecule has 0 aromatic heterocycles. The van der Waals surface area contributed by atoms with E-state index in [2.05, 4.69) is 24.5 Å². The Kier molecular flexibility index (Phi) is 14.4. The first-order valence-corrected chi connectivity index (χ1v) is 14.9. The number of hydrogen-bond acceptors (Lipinski definition) is 7. The molecule has 1 aliphatic rings. The number of ether oxygens (including phenoxy) is 2. The second-order valence-corrected chi connectivity index (χ2v) is 12.2. The minimum Gasteiger partial charge on any atom is -0.493 e. The van der Waals surface area contributed by atoms with Gasteiger partial charge >= 0.3 is 0 Å². The highest BCUT2D eigenvalue weighted by atomic mass is 16.5. The average molecular weight is 564 g/mol. The lowest BCUT2D eigenvalue weighted by atomic mass is 9.70. The second kappa shape index (κ2) is 16.9. The first kappa shape index (κ1) is 34.0. The quantitative estimate of drug-likeness (QED) is 0.183. The van der Waals surface area contributed by atoms with Crippen LogP contribution in [0.5, 0.6) is 5.75 Å². The molecule has 1 aromatic rings.